The van der Waals surface area contributed by atoms with Crippen LogP contribution in [-0.2, 0) is 86.7 Å². The van der Waals surface area contributed by atoms with E-state index in [2.05, 4.69) is 56.9 Å². The molecule has 6 unspecified atom stereocenters. The number of hydrogen-bond donors (Lipinski definition) is 16. The number of amides is 2. The first-order valence-corrected chi connectivity index (χ1v) is 29.8. The van der Waals surface area contributed by atoms with E-state index in [-0.39, 0.29) is 60.4 Å². The molecule has 440 valence electrons. The number of phosphoric ester groups is 2. The summed E-state index contributed by atoms with van der Waals surface area (Å²) >= 11 is 0. The zero-order chi connectivity index (χ0) is 58.7. The Hall–Kier alpha value is -4.58. The Labute approximate surface area is 431 Å². The molecule has 4 aromatic rings. The molecule has 0 aromatic carbocycles. The molecule has 0 spiro atoms. The molecule has 50 heteroatoms. The lowest BCUT2D eigenvalue weighted by Crippen LogP contribution is -2.49. The quantitative estimate of drug-likeness (QED) is 0.0257. The Bertz CT molecular complexity index is 3270. The topological polar surface area (TPSA) is 674 Å². The zero-order valence-corrected chi connectivity index (χ0v) is 44.6. The van der Waals surface area contributed by atoms with Gasteiger partial charge in [-0.3, -0.25) is 46.9 Å². The number of aliphatic hydroxyl groups is 2. The van der Waals surface area contributed by atoms with Crippen LogP contribution in [0.25, 0.3) is 22.3 Å². The lowest BCUT2D eigenvalue weighted by Gasteiger charge is -2.23. The highest BCUT2D eigenvalue weighted by Crippen LogP contribution is 2.66. The summed E-state index contributed by atoms with van der Waals surface area (Å²) in [6, 6.07) is 0. The lowest BCUT2D eigenvalue weighted by atomic mass is 10.1. The fraction of sp³-hybridized carbons (Fsp3) is 0.571. The number of aliphatic hydroxyl groups excluding tert-OH is 2. The van der Waals surface area contributed by atoms with Gasteiger partial charge < -0.3 is 102 Å². The van der Waals surface area contributed by atoms with E-state index in [0.717, 1.165) is 4.57 Å². The molecule has 2 aliphatic rings. The Morgan fingerprint density at radius 1 is 0.654 bits per heavy atom. The molecule has 0 bridgehead atoms. The minimum absolute atomic E-state index is 0.000161. The van der Waals surface area contributed by atoms with Gasteiger partial charge in [0.15, 0.2) is 31.0 Å². The smallest absolute Gasteiger partial charge is 0.487 e. The van der Waals surface area contributed by atoms with Crippen LogP contribution in [0.1, 0.15) is 12.5 Å². The number of ether oxygens (including phenoxy) is 4. The molecule has 2 fully saturated rings. The lowest BCUT2D eigenvalue weighted by molar-refractivity contribution is -0.746. The summed E-state index contributed by atoms with van der Waals surface area (Å²) in [5.41, 5.74) is 20.4. The number of hydrogen-bond acceptors (Lipinski definition) is 30. The third kappa shape index (κ3) is 17.2. The zero-order valence-electron chi connectivity index (χ0n) is 39.3. The van der Waals surface area contributed by atoms with E-state index in [1.807, 2.05) is 0 Å². The van der Waals surface area contributed by atoms with Crippen molar-refractivity contribution in [3.05, 3.63) is 33.4 Å². The predicted octanol–water partition coefficient (Wildman–Crippen LogP) is -7.69. The highest BCUT2D eigenvalue weighted by atomic mass is 31.3. The van der Waals surface area contributed by atoms with Crippen molar-refractivity contribution in [2.45, 2.75) is 49.1 Å². The van der Waals surface area contributed by atoms with Gasteiger partial charge in [-0.25, -0.2) is 45.6 Å². The van der Waals surface area contributed by atoms with Crippen LogP contribution < -0.4 is 63.6 Å². The van der Waals surface area contributed by atoms with Gasteiger partial charge in [0.25, 0.3) is 38.7 Å². The number of aromatic nitrogens is 8. The number of phosphoric acid groups is 6. The molecule has 6 heterocycles. The molecule has 0 radical (unpaired) electrons. The van der Waals surface area contributed by atoms with Gasteiger partial charge in [0.1, 0.15) is 18.3 Å². The van der Waals surface area contributed by atoms with E-state index in [4.69, 9.17) is 51.7 Å². The number of aromatic amines is 2. The molecule has 78 heavy (non-hydrogen) atoms. The first kappa shape index (κ1) is 64.2. The minimum Gasteiger partial charge on any atom is -0.756 e. The van der Waals surface area contributed by atoms with E-state index in [1.54, 1.807) is 0 Å². The number of alkyl carbamates (subject to hydrolysis) is 2. The van der Waals surface area contributed by atoms with Gasteiger partial charge in [-0.15, -0.1) is 0 Å². The highest BCUT2D eigenvalue weighted by Gasteiger charge is 2.53. The average Bonchev–Trinajstić information content (AvgIpc) is 3.97. The number of imidazole rings is 2. The van der Waals surface area contributed by atoms with Crippen LogP contribution in [0.3, 0.4) is 0 Å². The largest absolute Gasteiger partial charge is 0.756 e. The van der Waals surface area contributed by atoms with Gasteiger partial charge in [-0.2, -0.15) is 8.62 Å². The van der Waals surface area contributed by atoms with Gasteiger partial charge in [-0.05, 0) is 0 Å². The number of anilines is 2. The molecule has 2 aliphatic heterocycles. The molecular formula is C28H48N14O30P6. The maximum atomic E-state index is 12.4. The Morgan fingerprint density at radius 3 is 1.45 bits per heavy atom. The molecule has 20 N–H and O–H groups in total. The number of nitrogens with one attached hydrogen (secondary N) is 4. The van der Waals surface area contributed by atoms with Crippen LogP contribution in [0.4, 0.5) is 21.5 Å². The van der Waals surface area contributed by atoms with Gasteiger partial charge in [0.2, 0.25) is 23.5 Å². The first-order chi connectivity index (χ1) is 35.9. The maximum absolute atomic E-state index is 12.4. The summed E-state index contributed by atoms with van der Waals surface area (Å²) in [5, 5.41) is 26.3. The number of fused-ring (bicyclic) bond motifs is 2. The van der Waals surface area contributed by atoms with E-state index >= 15 is 0 Å². The molecule has 6 rings (SSSR count). The number of rotatable bonds is 22. The summed E-state index contributed by atoms with van der Waals surface area (Å²) in [5.74, 6) is -0.572. The Kier molecular flexibility index (Phi) is 20.6. The molecule has 2 saturated heterocycles. The highest BCUT2D eigenvalue weighted by molar-refractivity contribution is 7.66. The van der Waals surface area contributed by atoms with Crippen molar-refractivity contribution in [1.82, 2.24) is 39.7 Å². The summed E-state index contributed by atoms with van der Waals surface area (Å²) < 4.78 is 118. The van der Waals surface area contributed by atoms with Gasteiger partial charge in [0, 0.05) is 26.2 Å². The van der Waals surface area contributed by atoms with Crippen molar-refractivity contribution in [1.29, 1.82) is 0 Å². The molecule has 0 aliphatic carbocycles. The monoisotopic (exact) mass is 1250 g/mol. The number of aryl methyl sites for hydroxylation is 2. The number of nitrogens with zero attached hydrogens (tertiary/aromatic N) is 6. The fourth-order valence-corrected chi connectivity index (χ4v) is 13.0. The van der Waals surface area contributed by atoms with Crippen LogP contribution in [0.5, 0.6) is 0 Å². The van der Waals surface area contributed by atoms with Gasteiger partial charge in [0.05, 0.1) is 27.3 Å². The maximum Gasteiger partial charge on any atom is 0.487 e. The Morgan fingerprint density at radius 2 is 1.04 bits per heavy atom. The molecule has 14 atom stereocenters. The van der Waals surface area contributed by atoms with Crippen molar-refractivity contribution in [3.63, 3.8) is 0 Å². The van der Waals surface area contributed by atoms with Crippen LogP contribution >= 0.6 is 46.9 Å². The second-order valence-corrected chi connectivity index (χ2v) is 24.3. The fourth-order valence-electron chi connectivity index (χ4n) is 6.96. The van der Waals surface area contributed by atoms with Crippen molar-refractivity contribution < 1.29 is 141 Å². The van der Waals surface area contributed by atoms with Gasteiger partial charge >= 0.3 is 54.8 Å². The third-order valence-corrected chi connectivity index (χ3v) is 17.2. The van der Waals surface area contributed by atoms with Gasteiger partial charge in [-0.1, -0.05) is 9.97 Å². The SMILES string of the molecule is Cn1c[n+]([C@@H]2O[C@H](COP(=O)(O)OP(=O)(O)OP(=O)([O-])O)[C@@H](O)[C@H]2OC(=O)NCCN)c2nc(N)[nH]c(=O)c21.Cn1c[n+]([C@@H]2O[C@H](COP(=O)(O)OP(=O)(O)OP(=O)([O-])O)[C@@H](OC(=O)NCCN)[C@H]2O)c2nc(N)[nH]c(=O)c21. The Balaban J connectivity index is 0.000000287. The molecule has 2 amide bonds. The third-order valence-electron chi connectivity index (χ3n) is 9.69. The van der Waals surface area contributed by atoms with E-state index in [1.165, 1.54) is 40.5 Å². The summed E-state index contributed by atoms with van der Waals surface area (Å²) in [6.45, 7) is -2.12. The summed E-state index contributed by atoms with van der Waals surface area (Å²) in [7, 11) is -31.8. The normalized spacial score (nSPS) is 26.0. The second kappa shape index (κ2) is 25.1. The standard InChI is InChI=1S/2C14H24N7O15P3/c1-20-5-21(10-7(20)11(23)19-13(16)18-10)12-8(22)9(34-14(24)17-3-2-15)6(33-12)4-32-38(28,29)36-39(30,31)35-37(25,26)27;1-20-5-21(10-7(20)11(23)19-13(16)18-10)12-9(34-14(24)17-3-2-15)8(22)6(33-12)4-32-38(28,29)36-39(30,31)35-37(25,26)27/h2*5-6,8-9,12,22H,2-4,15H2,1H3,(H7-,16,17,18,19,23,24,25,26,27,28,29,30,31)/t2*6-,8-,9-,12-/m11/s1. The van der Waals surface area contributed by atoms with E-state index < -0.39 is 133 Å². The van der Waals surface area contributed by atoms with Crippen LogP contribution in [0, 0.1) is 0 Å². The van der Waals surface area contributed by atoms with Crippen LogP contribution in [-0.4, -0.2) is 157 Å². The first-order valence-electron chi connectivity index (χ1n) is 20.9. The minimum atomic E-state index is -5.88. The van der Waals surface area contributed by atoms with Crippen molar-refractivity contribution in [2.75, 3.05) is 50.9 Å². The van der Waals surface area contributed by atoms with Crippen molar-refractivity contribution >= 4 is 93.3 Å². The predicted molar refractivity (Wildman–Crippen MR) is 242 cm³/mol. The van der Waals surface area contributed by atoms with E-state index in [9.17, 15) is 86.1 Å². The van der Waals surface area contributed by atoms with Crippen molar-refractivity contribution in [3.8, 4) is 0 Å². The molecule has 44 nitrogen and oxygen atoms in total. The van der Waals surface area contributed by atoms with E-state index in [0.29, 0.717) is 0 Å². The van der Waals surface area contributed by atoms with Crippen LogP contribution in [0.15, 0.2) is 22.2 Å². The molecular weight excluding hydrogens is 1200 g/mol. The summed E-state index contributed by atoms with van der Waals surface area (Å²) in [6.07, 6.45) is -12.5. The number of nitrogens with two attached hydrogens (primary N) is 4. The number of H-pyrrole nitrogens is 2. The number of carbonyl (C=O) groups is 2. The molecule has 0 saturated carbocycles. The van der Waals surface area contributed by atoms with Crippen LogP contribution in [0.2, 0.25) is 0 Å². The second-order valence-electron chi connectivity index (χ2n) is 15.5. The molecule has 4 aromatic heterocycles. The number of carbonyl (C=O) groups excluding carboxylic acids is 2. The average molecular weight is 1250 g/mol. The van der Waals surface area contributed by atoms with Crippen molar-refractivity contribution in [2.24, 2.45) is 25.6 Å². The summed E-state index contributed by atoms with van der Waals surface area (Å²) in [4.78, 5) is 138. The number of nitrogen functional groups attached to an aromatic ring is 2.